The molecule has 1 fully saturated rings. The van der Waals surface area contributed by atoms with Gasteiger partial charge in [-0.25, -0.2) is 14.2 Å². The number of carbonyl (C=O) groups is 2. The molecule has 1 heterocycles. The average molecular weight is 592 g/mol. The third-order valence-corrected chi connectivity index (χ3v) is 9.22. The van der Waals surface area contributed by atoms with Gasteiger partial charge in [0, 0.05) is 18.3 Å². The summed E-state index contributed by atoms with van der Waals surface area (Å²) in [6.07, 6.45) is 0.385. The molecule has 13 heteroatoms. The zero-order valence-corrected chi connectivity index (χ0v) is 23.6. The lowest BCUT2D eigenvalue weighted by Crippen LogP contribution is -2.46. The highest BCUT2D eigenvalue weighted by Gasteiger charge is 2.34. The number of carbonyl (C=O) groups excluding carboxylic acids is 1. The van der Waals surface area contributed by atoms with Gasteiger partial charge in [-0.2, -0.15) is 13.2 Å². The van der Waals surface area contributed by atoms with Crippen LogP contribution in [-0.4, -0.2) is 51.9 Å². The Balaban J connectivity index is 1.62. The number of thioether (sulfide) groups is 1. The van der Waals surface area contributed by atoms with Crippen LogP contribution in [0.1, 0.15) is 57.6 Å². The molecule has 0 atom stereocenters. The highest BCUT2D eigenvalue weighted by molar-refractivity contribution is 8.01. The molecule has 2 aromatic rings. The van der Waals surface area contributed by atoms with Crippen LogP contribution in [0.3, 0.4) is 0 Å². The van der Waals surface area contributed by atoms with E-state index in [-0.39, 0.29) is 37.4 Å². The van der Waals surface area contributed by atoms with Gasteiger partial charge in [-0.15, -0.1) is 11.8 Å². The molecular formula is C26H33F4N3O4S2. The molecule has 2 amide bonds. The van der Waals surface area contributed by atoms with E-state index in [1.54, 1.807) is 24.9 Å². The number of carboxylic acids is 1. The fourth-order valence-electron chi connectivity index (χ4n) is 4.15. The van der Waals surface area contributed by atoms with Gasteiger partial charge in [0.25, 0.3) is 0 Å². The molecule has 0 unspecified atom stereocenters. The second-order valence-corrected chi connectivity index (χ2v) is 12.7. The number of nitrogens with zero attached hydrogens (tertiary/aromatic N) is 2. The number of halogens is 4. The van der Waals surface area contributed by atoms with Gasteiger partial charge < -0.3 is 14.7 Å². The van der Waals surface area contributed by atoms with Crippen LogP contribution in [0.15, 0.2) is 28.6 Å². The van der Waals surface area contributed by atoms with Gasteiger partial charge in [0.15, 0.2) is 5.13 Å². The van der Waals surface area contributed by atoms with Crippen molar-refractivity contribution in [2.75, 3.05) is 24.2 Å². The first-order valence-corrected chi connectivity index (χ1v) is 14.4. The maximum atomic E-state index is 13.4. The highest BCUT2D eigenvalue weighted by atomic mass is 32.2. The van der Waals surface area contributed by atoms with Gasteiger partial charge in [0.2, 0.25) is 0 Å². The number of ether oxygens (including phenoxy) is 1. The Morgan fingerprint density at radius 1 is 1.23 bits per heavy atom. The molecule has 0 radical (unpaired) electrons. The second-order valence-electron chi connectivity index (χ2n) is 10.4. The van der Waals surface area contributed by atoms with Crippen molar-refractivity contribution < 1.29 is 37.0 Å². The van der Waals surface area contributed by atoms with E-state index in [1.807, 2.05) is 0 Å². The summed E-state index contributed by atoms with van der Waals surface area (Å²) in [6, 6.07) is 2.03. The normalized spacial score (nSPS) is 18.1. The van der Waals surface area contributed by atoms with Crippen molar-refractivity contribution in [3.63, 3.8) is 0 Å². The second kappa shape index (κ2) is 13.3. The molecule has 0 saturated heterocycles. The molecule has 1 aromatic heterocycles. The van der Waals surface area contributed by atoms with Crippen LogP contribution >= 0.6 is 23.1 Å². The zero-order valence-electron chi connectivity index (χ0n) is 22.0. The van der Waals surface area contributed by atoms with Crippen LogP contribution in [0.25, 0.3) is 0 Å². The number of thiazole rings is 1. The fraction of sp³-hybridized carbons (Fsp3) is 0.577. The number of urea groups is 1. The first-order chi connectivity index (χ1) is 18.3. The molecule has 0 bridgehead atoms. The van der Waals surface area contributed by atoms with Gasteiger partial charge >= 0.3 is 18.2 Å². The molecule has 0 aliphatic heterocycles. The van der Waals surface area contributed by atoms with Crippen LogP contribution in [0.5, 0.6) is 0 Å². The van der Waals surface area contributed by atoms with E-state index in [2.05, 4.69) is 17.2 Å². The maximum absolute atomic E-state index is 13.4. The Hall–Kier alpha value is -2.38. The van der Waals surface area contributed by atoms with Crippen LogP contribution in [0, 0.1) is 17.2 Å². The monoisotopic (exact) mass is 591 g/mol. The smallest absolute Gasteiger partial charge is 0.416 e. The predicted octanol–water partition coefficient (Wildman–Crippen LogP) is 7.13. The predicted molar refractivity (Wildman–Crippen MR) is 142 cm³/mol. The molecule has 1 aliphatic carbocycles. The van der Waals surface area contributed by atoms with E-state index in [4.69, 9.17) is 4.74 Å². The summed E-state index contributed by atoms with van der Waals surface area (Å²) in [6.45, 7) is 5.22. The van der Waals surface area contributed by atoms with Crippen molar-refractivity contribution in [1.82, 2.24) is 9.88 Å². The molecule has 39 heavy (non-hydrogen) atoms. The van der Waals surface area contributed by atoms with Crippen LogP contribution < -0.4 is 5.32 Å². The summed E-state index contributed by atoms with van der Waals surface area (Å²) in [5, 5.41) is 12.5. The Kier molecular flexibility index (Phi) is 10.6. The lowest BCUT2D eigenvalue weighted by atomic mass is 9.86. The molecule has 216 valence electrons. The lowest BCUT2D eigenvalue weighted by molar-refractivity contribution is -0.145. The first-order valence-electron chi connectivity index (χ1n) is 12.6. The summed E-state index contributed by atoms with van der Waals surface area (Å²) in [4.78, 5) is 30.5. The zero-order chi connectivity index (χ0) is 28.8. The van der Waals surface area contributed by atoms with Crippen molar-refractivity contribution in [3.8, 4) is 0 Å². The van der Waals surface area contributed by atoms with Crippen molar-refractivity contribution in [1.29, 1.82) is 0 Å². The van der Waals surface area contributed by atoms with Gasteiger partial charge in [-0.05, 0) is 63.1 Å². The van der Waals surface area contributed by atoms with Gasteiger partial charge in [0.05, 0.1) is 34.6 Å². The Morgan fingerprint density at radius 2 is 1.92 bits per heavy atom. The van der Waals surface area contributed by atoms with Gasteiger partial charge in [-0.3, -0.25) is 10.1 Å². The number of aliphatic carboxylic acids is 1. The van der Waals surface area contributed by atoms with Crippen molar-refractivity contribution in [3.05, 3.63) is 41.3 Å². The van der Waals surface area contributed by atoms with E-state index >= 15 is 0 Å². The number of hydrogen-bond donors (Lipinski definition) is 2. The number of benzene rings is 1. The summed E-state index contributed by atoms with van der Waals surface area (Å²) in [5.41, 5.74) is -2.17. The first kappa shape index (κ1) is 31.2. The van der Waals surface area contributed by atoms with E-state index in [9.17, 15) is 32.3 Å². The minimum Gasteiger partial charge on any atom is -0.481 e. The molecule has 1 saturated carbocycles. The van der Waals surface area contributed by atoms with Crippen LogP contribution in [-0.2, 0) is 22.3 Å². The number of alkyl halides is 3. The SMILES string of the molecule is CC1CCC(N(CCOCc2ccc(F)cc2C(F)(F)F)C(=O)Nc2ncc(SCC(C)(C)C(=O)O)s2)CC1. The number of anilines is 1. The molecule has 7 nitrogen and oxygen atoms in total. The summed E-state index contributed by atoms with van der Waals surface area (Å²) < 4.78 is 59.5. The molecular weight excluding hydrogens is 558 g/mol. The molecule has 2 N–H and O–H groups in total. The Labute approximate surface area is 233 Å². The Bertz CT molecular complexity index is 1130. The largest absolute Gasteiger partial charge is 0.481 e. The Morgan fingerprint density at radius 3 is 2.56 bits per heavy atom. The minimum absolute atomic E-state index is 0.00259. The standard InChI is InChI=1S/C26H33F4N3O4S2/c1-16-4-8-19(9-5-16)33(10-11-37-14-17-6-7-18(27)12-20(17)26(28,29)30)24(36)32-23-31-13-21(39-23)38-15-25(2,3)22(34)35/h6-7,12-13,16,19H,4-5,8-11,14-15H2,1-3H3,(H,34,35)(H,31,32,36). The number of hydrogen-bond acceptors (Lipinski definition) is 6. The third-order valence-electron chi connectivity index (χ3n) is 6.65. The van der Waals surface area contributed by atoms with Crippen molar-refractivity contribution in [2.24, 2.45) is 11.3 Å². The summed E-state index contributed by atoms with van der Waals surface area (Å²) in [5.74, 6) is -0.988. The number of carboxylic acid groups (broad SMARTS) is 1. The number of aromatic nitrogens is 1. The van der Waals surface area contributed by atoms with E-state index in [1.165, 1.54) is 23.1 Å². The third kappa shape index (κ3) is 9.07. The fourth-order valence-corrected chi connectivity index (χ4v) is 6.09. The number of nitrogens with one attached hydrogen (secondary N) is 1. The van der Waals surface area contributed by atoms with E-state index in [0.29, 0.717) is 22.9 Å². The van der Waals surface area contributed by atoms with Crippen LogP contribution in [0.2, 0.25) is 0 Å². The van der Waals surface area contributed by atoms with Gasteiger partial charge in [-0.1, -0.05) is 24.3 Å². The highest BCUT2D eigenvalue weighted by Crippen LogP contribution is 2.35. The summed E-state index contributed by atoms with van der Waals surface area (Å²) in [7, 11) is 0. The number of amides is 2. The molecule has 1 aromatic carbocycles. The lowest BCUT2D eigenvalue weighted by Gasteiger charge is -2.36. The molecule has 0 spiro atoms. The number of rotatable bonds is 11. The maximum Gasteiger partial charge on any atom is 0.416 e. The summed E-state index contributed by atoms with van der Waals surface area (Å²) >= 11 is 2.59. The van der Waals surface area contributed by atoms with Crippen LogP contribution in [0.4, 0.5) is 27.5 Å². The molecule has 3 rings (SSSR count). The van der Waals surface area contributed by atoms with Crippen molar-refractivity contribution >= 4 is 40.2 Å². The van der Waals surface area contributed by atoms with Crippen molar-refractivity contribution in [2.45, 2.75) is 69.5 Å². The van der Waals surface area contributed by atoms with Gasteiger partial charge in [0.1, 0.15) is 5.82 Å². The topological polar surface area (TPSA) is 91.8 Å². The quantitative estimate of drug-likeness (QED) is 0.164. The molecule has 1 aliphatic rings. The van der Waals surface area contributed by atoms with E-state index < -0.39 is 28.9 Å². The minimum atomic E-state index is -4.71. The van der Waals surface area contributed by atoms with E-state index in [0.717, 1.165) is 42.0 Å². The average Bonchev–Trinajstić information content (AvgIpc) is 3.31.